The van der Waals surface area contributed by atoms with Gasteiger partial charge in [0.2, 0.25) is 0 Å². The molecule has 1 aromatic carbocycles. The summed E-state index contributed by atoms with van der Waals surface area (Å²) in [6.45, 7) is 0. The predicted octanol–water partition coefficient (Wildman–Crippen LogP) is 4.01. The highest BCUT2D eigenvalue weighted by molar-refractivity contribution is 7.99. The Morgan fingerprint density at radius 1 is 0.812 bits per heavy atom. The zero-order valence-corrected chi connectivity index (χ0v) is 12.7. The van der Waals surface area contributed by atoms with Gasteiger partial charge in [-0.1, -0.05) is 24.3 Å². The lowest BCUT2D eigenvalue weighted by molar-refractivity contribution is 1.27. The minimum absolute atomic E-state index is 0.960. The highest BCUT2D eigenvalue weighted by atomic mass is 32.2. The molecule has 90 valence electrons. The van der Waals surface area contributed by atoms with Gasteiger partial charge in [0, 0.05) is 23.0 Å². The normalized spacial score (nSPS) is 10.6. The molecule has 0 saturated heterocycles. The molecule has 0 aromatic heterocycles. The minimum atomic E-state index is 0.960. The molecule has 0 bridgehead atoms. The zero-order valence-electron chi connectivity index (χ0n) is 9.26. The number of hydrogen-bond donors (Lipinski definition) is 2. The lowest BCUT2D eigenvalue weighted by Gasteiger charge is -2.08. The first kappa shape index (κ1) is 14.7. The first-order chi connectivity index (χ1) is 7.88. The van der Waals surface area contributed by atoms with E-state index in [1.807, 2.05) is 23.5 Å². The zero-order chi connectivity index (χ0) is 11.6. The Morgan fingerprint density at radius 2 is 1.25 bits per heavy atom. The first-order valence-electron chi connectivity index (χ1n) is 5.32. The van der Waals surface area contributed by atoms with Gasteiger partial charge in [0.25, 0.3) is 0 Å². The molecule has 1 aromatic rings. The van der Waals surface area contributed by atoms with E-state index in [1.54, 1.807) is 0 Å². The van der Waals surface area contributed by atoms with Crippen molar-refractivity contribution < 1.29 is 0 Å². The third-order valence-electron chi connectivity index (χ3n) is 2.10. The van der Waals surface area contributed by atoms with Gasteiger partial charge in [-0.25, -0.2) is 0 Å². The highest BCUT2D eigenvalue weighted by Crippen LogP contribution is 2.21. The van der Waals surface area contributed by atoms with Crippen molar-refractivity contribution >= 4 is 48.8 Å². The van der Waals surface area contributed by atoms with E-state index in [2.05, 4.69) is 49.5 Å². The summed E-state index contributed by atoms with van der Waals surface area (Å²) in [6.07, 6.45) is 0. The summed E-state index contributed by atoms with van der Waals surface area (Å²) in [7, 11) is 0. The maximum absolute atomic E-state index is 4.23. The van der Waals surface area contributed by atoms with Crippen molar-refractivity contribution in [3.8, 4) is 0 Å². The topological polar surface area (TPSA) is 0 Å². The summed E-state index contributed by atoms with van der Waals surface area (Å²) in [4.78, 5) is 0. The summed E-state index contributed by atoms with van der Waals surface area (Å²) < 4.78 is 0. The van der Waals surface area contributed by atoms with E-state index in [0.717, 1.165) is 34.5 Å². The van der Waals surface area contributed by atoms with Crippen LogP contribution < -0.4 is 0 Å². The SMILES string of the molecule is SCCSCc1ccccc1CSCCS. The molecule has 0 heterocycles. The molecule has 4 heteroatoms. The Labute approximate surface area is 118 Å². The van der Waals surface area contributed by atoms with E-state index in [1.165, 1.54) is 11.1 Å². The Kier molecular flexibility index (Phi) is 8.84. The monoisotopic (exact) mass is 290 g/mol. The fraction of sp³-hybridized carbons (Fsp3) is 0.500. The number of benzene rings is 1. The molecule has 0 nitrogen and oxygen atoms in total. The van der Waals surface area contributed by atoms with E-state index in [-0.39, 0.29) is 0 Å². The van der Waals surface area contributed by atoms with Crippen LogP contribution in [0.2, 0.25) is 0 Å². The van der Waals surface area contributed by atoms with Crippen LogP contribution in [0.3, 0.4) is 0 Å². The van der Waals surface area contributed by atoms with Crippen LogP contribution in [0.15, 0.2) is 24.3 Å². The summed E-state index contributed by atoms with van der Waals surface area (Å²) in [5.74, 6) is 6.39. The first-order valence-corrected chi connectivity index (χ1v) is 8.90. The Balaban J connectivity index is 2.46. The van der Waals surface area contributed by atoms with Gasteiger partial charge in [0.1, 0.15) is 0 Å². The second-order valence-electron chi connectivity index (χ2n) is 3.32. The molecule has 0 amide bonds. The standard InChI is InChI=1S/C12H18S4/c13-5-7-15-9-11-3-1-2-4-12(11)10-16-8-6-14/h1-4,13-14H,5-10H2. The average Bonchev–Trinajstić information content (AvgIpc) is 2.32. The smallest absolute Gasteiger partial charge is 0.0187 e. The van der Waals surface area contributed by atoms with E-state index in [0.29, 0.717) is 0 Å². The molecular weight excluding hydrogens is 272 g/mol. The maximum atomic E-state index is 4.23. The van der Waals surface area contributed by atoms with Crippen molar-refractivity contribution in [2.24, 2.45) is 0 Å². The van der Waals surface area contributed by atoms with Gasteiger partial charge in [0.15, 0.2) is 0 Å². The van der Waals surface area contributed by atoms with Crippen LogP contribution in [-0.2, 0) is 11.5 Å². The molecule has 0 fully saturated rings. The van der Waals surface area contributed by atoms with Gasteiger partial charge in [-0.15, -0.1) is 0 Å². The summed E-state index contributed by atoms with van der Waals surface area (Å²) in [5, 5.41) is 0. The van der Waals surface area contributed by atoms with Crippen LogP contribution in [0.5, 0.6) is 0 Å². The van der Waals surface area contributed by atoms with Crippen molar-refractivity contribution in [2.75, 3.05) is 23.0 Å². The number of thioether (sulfide) groups is 2. The molecule has 0 spiro atoms. The van der Waals surface area contributed by atoms with Crippen molar-refractivity contribution in [1.29, 1.82) is 0 Å². The predicted molar refractivity (Wildman–Crippen MR) is 86.5 cm³/mol. The van der Waals surface area contributed by atoms with Crippen LogP contribution in [0.1, 0.15) is 11.1 Å². The Bertz CT molecular complexity index is 259. The molecule has 0 N–H and O–H groups in total. The number of hydrogen-bond acceptors (Lipinski definition) is 4. The van der Waals surface area contributed by atoms with Crippen LogP contribution >= 0.6 is 48.8 Å². The van der Waals surface area contributed by atoms with Crippen LogP contribution in [-0.4, -0.2) is 23.0 Å². The van der Waals surface area contributed by atoms with Crippen LogP contribution in [0.4, 0.5) is 0 Å². The fourth-order valence-electron chi connectivity index (χ4n) is 1.33. The molecule has 0 atom stereocenters. The lowest BCUT2D eigenvalue weighted by Crippen LogP contribution is -1.92. The van der Waals surface area contributed by atoms with E-state index in [4.69, 9.17) is 0 Å². The van der Waals surface area contributed by atoms with Crippen molar-refractivity contribution in [3.05, 3.63) is 35.4 Å². The van der Waals surface area contributed by atoms with Crippen LogP contribution in [0.25, 0.3) is 0 Å². The second kappa shape index (κ2) is 9.63. The average molecular weight is 291 g/mol. The second-order valence-corrected chi connectivity index (χ2v) is 6.43. The van der Waals surface area contributed by atoms with Crippen molar-refractivity contribution in [2.45, 2.75) is 11.5 Å². The van der Waals surface area contributed by atoms with E-state index >= 15 is 0 Å². The highest BCUT2D eigenvalue weighted by Gasteiger charge is 2.01. The Morgan fingerprint density at radius 3 is 1.62 bits per heavy atom. The van der Waals surface area contributed by atoms with Gasteiger partial charge in [0.05, 0.1) is 0 Å². The van der Waals surface area contributed by atoms with Crippen molar-refractivity contribution in [3.63, 3.8) is 0 Å². The summed E-state index contributed by atoms with van der Waals surface area (Å²) in [6, 6.07) is 8.73. The summed E-state index contributed by atoms with van der Waals surface area (Å²) >= 11 is 12.4. The largest absolute Gasteiger partial charge is 0.179 e. The molecule has 16 heavy (non-hydrogen) atoms. The third-order valence-corrected chi connectivity index (χ3v) is 5.17. The van der Waals surface area contributed by atoms with Crippen molar-refractivity contribution in [1.82, 2.24) is 0 Å². The number of rotatable bonds is 8. The quantitative estimate of drug-likeness (QED) is 0.548. The lowest BCUT2D eigenvalue weighted by atomic mass is 10.1. The van der Waals surface area contributed by atoms with Gasteiger partial charge >= 0.3 is 0 Å². The maximum Gasteiger partial charge on any atom is 0.0187 e. The molecule has 0 aliphatic rings. The third kappa shape index (κ3) is 5.80. The van der Waals surface area contributed by atoms with Gasteiger partial charge < -0.3 is 0 Å². The molecule has 0 radical (unpaired) electrons. The summed E-state index contributed by atoms with van der Waals surface area (Å²) in [5.41, 5.74) is 2.95. The van der Waals surface area contributed by atoms with Gasteiger partial charge in [-0.3, -0.25) is 0 Å². The van der Waals surface area contributed by atoms with E-state index in [9.17, 15) is 0 Å². The van der Waals surface area contributed by atoms with E-state index < -0.39 is 0 Å². The minimum Gasteiger partial charge on any atom is -0.179 e. The molecule has 0 aliphatic carbocycles. The number of thiol groups is 2. The van der Waals surface area contributed by atoms with Crippen LogP contribution in [0, 0.1) is 0 Å². The molecule has 0 unspecified atom stereocenters. The molecule has 1 rings (SSSR count). The molecular formula is C12H18S4. The van der Waals surface area contributed by atoms with Gasteiger partial charge in [-0.05, 0) is 22.6 Å². The molecule has 0 aliphatic heterocycles. The van der Waals surface area contributed by atoms with Gasteiger partial charge in [-0.2, -0.15) is 48.8 Å². The molecule has 0 saturated carbocycles. The Hall–Kier alpha value is 0.620. The fourth-order valence-corrected chi connectivity index (χ4v) is 3.66.